The van der Waals surface area contributed by atoms with Gasteiger partial charge in [-0.15, -0.1) is 0 Å². The molecule has 0 saturated carbocycles. The fourth-order valence-electron chi connectivity index (χ4n) is 10.7. The molecule has 2 aliphatic heterocycles. The summed E-state index contributed by atoms with van der Waals surface area (Å²) in [7, 11) is 9.43. The van der Waals surface area contributed by atoms with E-state index in [0.29, 0.717) is 118 Å². The zero-order chi connectivity index (χ0) is 60.7. The Labute approximate surface area is 483 Å². The molecule has 23 nitrogen and oxygen atoms in total. The number of esters is 1. The number of carboxylic acid groups (broad SMARTS) is 1. The Morgan fingerprint density at radius 3 is 1.28 bits per heavy atom. The van der Waals surface area contributed by atoms with E-state index in [2.05, 4.69) is 10.6 Å². The van der Waals surface area contributed by atoms with E-state index in [-0.39, 0.29) is 79.0 Å². The van der Waals surface area contributed by atoms with Crippen LogP contribution >= 0.6 is 0 Å². The summed E-state index contributed by atoms with van der Waals surface area (Å²) in [6.07, 6.45) is 2.48. The van der Waals surface area contributed by atoms with Gasteiger partial charge in [-0.25, -0.2) is 0 Å². The van der Waals surface area contributed by atoms with Crippen molar-refractivity contribution >= 4 is 47.4 Å². The Morgan fingerprint density at radius 2 is 0.892 bits per heavy atom. The molecule has 2 heterocycles. The molecule has 4 N–H and O–H groups in total. The molecule has 8 rings (SSSR count). The van der Waals surface area contributed by atoms with Gasteiger partial charge in [-0.1, -0.05) is 12.1 Å². The fraction of sp³-hybridized carbons (Fsp3) is 0.467. The lowest BCUT2D eigenvalue weighted by Crippen LogP contribution is -2.50. The summed E-state index contributed by atoms with van der Waals surface area (Å²) in [5.41, 5.74) is 7.06. The molecular formula is C60H76N6O17. The number of aromatic hydroxyl groups is 1. The number of aliphatic carboxylic acids is 1. The van der Waals surface area contributed by atoms with Crippen LogP contribution in [-0.4, -0.2) is 172 Å². The second-order valence-corrected chi connectivity index (χ2v) is 20.1. The summed E-state index contributed by atoms with van der Waals surface area (Å²) in [5.74, 6) is 1.60. The monoisotopic (exact) mass is 1150 g/mol. The number of aryl methyl sites for hydroxylation is 2. The molecule has 0 aromatic heterocycles. The Hall–Kier alpha value is -8.76. The standard InChI is InChI=1S/C30H37N3O8.C20H23NO5.C10H16N2O4/c1-18(34)31-24-9-6-20-16-25(38-3)29(39-4)30(40-5)28(20)22-8-7-21(17-23(22)24)41-27(37)11-10-26(36)33-14-12-32(13-15-33)19(2)35;1-11(22)21-16-8-5-12-9-17(24-2)19(25-3)20(26-4)18(12)14-7-6-13(23)10-15(14)16;1-8(13)11-4-6-12(7-5-11)9(14)2-3-10(15)16/h7-8,16-17,24H,6,9-15H2,1-5H3,(H,31,34);6-7,9-10,16,23H,5,8H2,1-4H3,(H,21,22);2-7H2,1H3,(H,15,16)/t24-;16-;/m00./s1. The summed E-state index contributed by atoms with van der Waals surface area (Å²) < 4.78 is 39.3. The van der Waals surface area contributed by atoms with Gasteiger partial charge in [0.15, 0.2) is 23.0 Å². The van der Waals surface area contributed by atoms with Crippen LogP contribution in [0.5, 0.6) is 46.0 Å². The predicted molar refractivity (Wildman–Crippen MR) is 304 cm³/mol. The number of methoxy groups -OCH3 is 6. The van der Waals surface area contributed by atoms with Gasteiger partial charge >= 0.3 is 11.9 Å². The third-order valence-electron chi connectivity index (χ3n) is 14.8. The molecule has 83 heavy (non-hydrogen) atoms. The molecule has 2 saturated heterocycles. The van der Waals surface area contributed by atoms with E-state index in [0.717, 1.165) is 44.5 Å². The predicted octanol–water partition coefficient (Wildman–Crippen LogP) is 5.63. The Kier molecular flexibility index (Phi) is 22.4. The smallest absolute Gasteiger partial charge is 0.311 e. The Balaban J connectivity index is 0.000000223. The molecule has 0 radical (unpaired) electrons. The van der Waals surface area contributed by atoms with E-state index in [1.54, 1.807) is 86.5 Å². The quantitative estimate of drug-likeness (QED) is 0.0829. The average Bonchev–Trinajstić information content (AvgIpc) is 3.86. The minimum atomic E-state index is -0.962. The molecule has 2 atom stereocenters. The third kappa shape index (κ3) is 15.8. The number of phenols is 1. The highest BCUT2D eigenvalue weighted by Gasteiger charge is 2.32. The van der Waals surface area contributed by atoms with Gasteiger partial charge in [-0.05, 0) is 95.5 Å². The van der Waals surface area contributed by atoms with Gasteiger partial charge in [-0.3, -0.25) is 38.4 Å². The molecule has 448 valence electrons. The number of hydrogen-bond acceptors (Lipinski definition) is 16. The third-order valence-corrected chi connectivity index (χ3v) is 14.8. The molecule has 4 aliphatic rings. The molecule has 0 unspecified atom stereocenters. The number of carbonyl (C=O) groups is 8. The first-order chi connectivity index (χ1) is 39.7. The largest absolute Gasteiger partial charge is 0.508 e. The van der Waals surface area contributed by atoms with Gasteiger partial charge in [0.2, 0.25) is 46.9 Å². The van der Waals surface area contributed by atoms with Crippen LogP contribution < -0.4 is 43.8 Å². The van der Waals surface area contributed by atoms with E-state index in [9.17, 15) is 43.5 Å². The number of phenolic OH excluding ortho intramolecular Hbond substituents is 1. The summed E-state index contributed by atoms with van der Waals surface area (Å²) in [6, 6.07) is 13.8. The lowest BCUT2D eigenvalue weighted by atomic mass is 9.93. The van der Waals surface area contributed by atoms with Crippen LogP contribution in [0.4, 0.5) is 0 Å². The van der Waals surface area contributed by atoms with E-state index < -0.39 is 11.9 Å². The number of fused-ring (bicyclic) bond motifs is 6. The van der Waals surface area contributed by atoms with Crippen LogP contribution in [0.2, 0.25) is 0 Å². The fourth-order valence-corrected chi connectivity index (χ4v) is 10.7. The second kappa shape index (κ2) is 29.3. The van der Waals surface area contributed by atoms with Crippen LogP contribution in [0.25, 0.3) is 22.3 Å². The van der Waals surface area contributed by atoms with E-state index in [1.165, 1.54) is 27.7 Å². The number of hydrogen-bond donors (Lipinski definition) is 4. The van der Waals surface area contributed by atoms with Crippen LogP contribution in [0, 0.1) is 0 Å². The molecule has 23 heteroatoms. The van der Waals surface area contributed by atoms with Crippen molar-refractivity contribution in [3.8, 4) is 68.2 Å². The summed E-state index contributed by atoms with van der Waals surface area (Å²) in [6.45, 7) is 9.91. The number of nitrogens with zero attached hydrogens (tertiary/aromatic N) is 4. The van der Waals surface area contributed by atoms with Gasteiger partial charge in [0.1, 0.15) is 11.5 Å². The molecule has 0 bridgehead atoms. The van der Waals surface area contributed by atoms with Gasteiger partial charge in [0.25, 0.3) is 0 Å². The normalized spacial score (nSPS) is 15.8. The maximum Gasteiger partial charge on any atom is 0.311 e. The summed E-state index contributed by atoms with van der Waals surface area (Å²) in [4.78, 5) is 100. The highest BCUT2D eigenvalue weighted by Crippen LogP contribution is 2.52. The minimum Gasteiger partial charge on any atom is -0.508 e. The number of piperazine rings is 2. The number of amides is 6. The highest BCUT2D eigenvalue weighted by molar-refractivity contribution is 5.87. The molecule has 0 spiro atoms. The van der Waals surface area contributed by atoms with Gasteiger partial charge in [0, 0.05) is 104 Å². The van der Waals surface area contributed by atoms with Crippen LogP contribution in [-0.2, 0) is 51.2 Å². The first-order valence-corrected chi connectivity index (χ1v) is 27.3. The maximum atomic E-state index is 12.7. The zero-order valence-electron chi connectivity index (χ0n) is 48.9. The van der Waals surface area contributed by atoms with Crippen molar-refractivity contribution in [1.82, 2.24) is 30.2 Å². The van der Waals surface area contributed by atoms with Crippen molar-refractivity contribution in [3.63, 3.8) is 0 Å². The molecular weight excluding hydrogens is 1080 g/mol. The average molecular weight is 1150 g/mol. The first kappa shape index (κ1) is 63.4. The number of rotatable bonds is 15. The van der Waals surface area contributed by atoms with E-state index >= 15 is 0 Å². The van der Waals surface area contributed by atoms with E-state index in [1.807, 2.05) is 24.3 Å². The number of carbonyl (C=O) groups excluding carboxylic acids is 7. The van der Waals surface area contributed by atoms with Gasteiger partial charge in [-0.2, -0.15) is 0 Å². The van der Waals surface area contributed by atoms with Crippen molar-refractivity contribution in [2.75, 3.05) is 95.0 Å². The van der Waals surface area contributed by atoms with Crippen LogP contribution in [0.3, 0.4) is 0 Å². The van der Waals surface area contributed by atoms with Crippen molar-refractivity contribution in [3.05, 3.63) is 70.8 Å². The summed E-state index contributed by atoms with van der Waals surface area (Å²) in [5, 5.41) is 24.5. The number of benzene rings is 4. The first-order valence-electron chi connectivity index (χ1n) is 27.3. The molecule has 4 aromatic carbocycles. The molecule has 2 fully saturated rings. The van der Waals surface area contributed by atoms with Crippen LogP contribution in [0.1, 0.15) is 101 Å². The number of ether oxygens (including phenoxy) is 7. The Bertz CT molecular complexity index is 3060. The molecule has 6 amide bonds. The highest BCUT2D eigenvalue weighted by atomic mass is 16.5. The lowest BCUT2D eigenvalue weighted by Gasteiger charge is -2.34. The minimum absolute atomic E-state index is 0.0111. The molecule has 2 aliphatic carbocycles. The second-order valence-electron chi connectivity index (χ2n) is 20.1. The number of nitrogens with one attached hydrogen (secondary N) is 2. The van der Waals surface area contributed by atoms with Crippen molar-refractivity contribution in [1.29, 1.82) is 0 Å². The topological polar surface area (TPSA) is 279 Å². The lowest BCUT2D eigenvalue weighted by molar-refractivity contribution is -0.142. The van der Waals surface area contributed by atoms with Gasteiger partial charge in [0.05, 0.1) is 67.6 Å². The SMILES string of the molecule is CC(=O)N1CCN(C(=O)CCC(=O)O)CC1.COc1cc2c(c(OC)c1OC)-c1ccc(O)cc1[C@@H](NC(C)=O)CC2.COc1cc2c(c(OC)c1OC)-c1ccc(OC(=O)CCC(=O)N3CCN(C(C)=O)CC3)cc1[C@@H](NC(C)=O)CC2. The van der Waals surface area contributed by atoms with Crippen molar-refractivity contribution < 1.29 is 81.7 Å². The molecule has 4 aromatic rings. The summed E-state index contributed by atoms with van der Waals surface area (Å²) >= 11 is 0. The van der Waals surface area contributed by atoms with Crippen molar-refractivity contribution in [2.45, 2.75) is 91.1 Å². The van der Waals surface area contributed by atoms with Crippen LogP contribution in [0.15, 0.2) is 48.5 Å². The Morgan fingerprint density at radius 1 is 0.494 bits per heavy atom. The number of carboxylic acids is 1. The van der Waals surface area contributed by atoms with Gasteiger partial charge < -0.3 is 73.6 Å². The van der Waals surface area contributed by atoms with E-state index in [4.69, 9.17) is 38.3 Å². The van der Waals surface area contributed by atoms with Crippen molar-refractivity contribution in [2.24, 2.45) is 0 Å². The maximum absolute atomic E-state index is 12.7. The zero-order valence-corrected chi connectivity index (χ0v) is 48.9.